The lowest BCUT2D eigenvalue weighted by Gasteiger charge is -2.12. The molecule has 4 heterocycles. The van der Waals surface area contributed by atoms with Gasteiger partial charge in [0.2, 0.25) is 0 Å². The molecule has 0 spiro atoms. The van der Waals surface area contributed by atoms with Gasteiger partial charge in [0.25, 0.3) is 0 Å². The van der Waals surface area contributed by atoms with Gasteiger partial charge in [-0.15, -0.1) is 22.7 Å². The molecule has 1 N–H and O–H groups in total. The minimum absolute atomic E-state index is 0.210. The summed E-state index contributed by atoms with van der Waals surface area (Å²) in [7, 11) is 0. The number of rotatable bonds is 5. The monoisotopic (exact) mass is 716 g/mol. The van der Waals surface area contributed by atoms with Crippen molar-refractivity contribution in [1.29, 1.82) is 0 Å². The molecule has 0 amide bonds. The molecular weight excluding hydrogens is 689 g/mol. The van der Waals surface area contributed by atoms with Gasteiger partial charge >= 0.3 is 0 Å². The first-order valence-electron chi connectivity index (χ1n) is 17.5. The first-order valence-corrected chi connectivity index (χ1v) is 19.2. The van der Waals surface area contributed by atoms with Crippen LogP contribution in [0.4, 0.5) is 5.69 Å². The van der Waals surface area contributed by atoms with Crippen LogP contribution in [0, 0.1) is 0 Å². The third-order valence-electron chi connectivity index (χ3n) is 10.0. The topological polar surface area (TPSA) is 59.9 Å². The van der Waals surface area contributed by atoms with Gasteiger partial charge in [0.1, 0.15) is 5.75 Å². The summed E-state index contributed by atoms with van der Waals surface area (Å²) in [4.78, 5) is 15.2. The largest absolute Gasteiger partial charge is 0.464 e. The Morgan fingerprint density at radius 3 is 2.00 bits per heavy atom. The predicted octanol–water partition coefficient (Wildman–Crippen LogP) is 12.8. The van der Waals surface area contributed by atoms with E-state index in [0.29, 0.717) is 17.5 Å². The van der Waals surface area contributed by atoms with E-state index in [1.54, 1.807) is 11.3 Å². The molecule has 0 aliphatic carbocycles. The summed E-state index contributed by atoms with van der Waals surface area (Å²) in [6.07, 6.45) is -0.210. The van der Waals surface area contributed by atoms with Crippen molar-refractivity contribution in [2.24, 2.45) is 0 Å². The predicted molar refractivity (Wildman–Crippen MR) is 221 cm³/mol. The van der Waals surface area contributed by atoms with E-state index in [0.717, 1.165) is 39.3 Å². The lowest BCUT2D eigenvalue weighted by Crippen LogP contribution is -2.09. The summed E-state index contributed by atoms with van der Waals surface area (Å²) in [5.41, 5.74) is 7.39. The number of hydrogen-bond donors (Lipinski definition) is 1. The second-order valence-electron chi connectivity index (χ2n) is 13.2. The van der Waals surface area contributed by atoms with Gasteiger partial charge in [0, 0.05) is 62.6 Å². The van der Waals surface area contributed by atoms with E-state index in [1.165, 1.54) is 45.9 Å². The van der Waals surface area contributed by atoms with Crippen LogP contribution >= 0.6 is 22.7 Å². The van der Waals surface area contributed by atoms with Gasteiger partial charge in [0.15, 0.2) is 23.7 Å². The van der Waals surface area contributed by atoms with Crippen LogP contribution < -0.4 is 10.1 Å². The zero-order valence-corrected chi connectivity index (χ0v) is 29.8. The van der Waals surface area contributed by atoms with Gasteiger partial charge in [-0.2, -0.15) is 0 Å². The second-order valence-corrected chi connectivity index (χ2v) is 15.3. The maximum Gasteiger partial charge on any atom is 0.196 e. The molecule has 53 heavy (non-hydrogen) atoms. The molecule has 1 unspecified atom stereocenters. The summed E-state index contributed by atoms with van der Waals surface area (Å²) >= 11 is 3.63. The van der Waals surface area contributed by atoms with Crippen LogP contribution in [0.1, 0.15) is 11.8 Å². The van der Waals surface area contributed by atoms with Gasteiger partial charge in [-0.3, -0.25) is 0 Å². The molecule has 250 valence electrons. The van der Waals surface area contributed by atoms with Crippen molar-refractivity contribution >= 4 is 68.7 Å². The molecule has 0 saturated heterocycles. The van der Waals surface area contributed by atoms with E-state index in [-0.39, 0.29) is 6.23 Å². The van der Waals surface area contributed by atoms with Crippen molar-refractivity contribution in [1.82, 2.24) is 15.0 Å². The van der Waals surface area contributed by atoms with E-state index in [9.17, 15) is 0 Å². The highest BCUT2D eigenvalue weighted by Gasteiger charge is 2.24. The van der Waals surface area contributed by atoms with Crippen molar-refractivity contribution in [3.8, 4) is 51.0 Å². The quantitative estimate of drug-likeness (QED) is 0.192. The highest BCUT2D eigenvalue weighted by molar-refractivity contribution is 7.26. The highest BCUT2D eigenvalue weighted by atomic mass is 32.1. The first kappa shape index (κ1) is 30.2. The zero-order chi connectivity index (χ0) is 34.9. The Morgan fingerprint density at radius 2 is 1.13 bits per heavy atom. The fourth-order valence-corrected chi connectivity index (χ4v) is 9.80. The van der Waals surface area contributed by atoms with E-state index < -0.39 is 0 Å². The van der Waals surface area contributed by atoms with Crippen LogP contribution in [-0.4, -0.2) is 15.0 Å². The fraction of sp³-hybridized carbons (Fsp3) is 0.0217. The Morgan fingerprint density at radius 1 is 0.472 bits per heavy atom. The summed E-state index contributed by atoms with van der Waals surface area (Å²) < 4.78 is 11.2. The van der Waals surface area contributed by atoms with Gasteiger partial charge < -0.3 is 10.1 Å². The maximum absolute atomic E-state index is 6.25. The number of ether oxygens (including phenoxy) is 1. The molecule has 11 rings (SSSR count). The molecule has 0 fully saturated rings. The number of hydrogen-bond acceptors (Lipinski definition) is 7. The molecule has 10 aromatic rings. The molecule has 1 aliphatic heterocycles. The second kappa shape index (κ2) is 12.1. The lowest BCUT2D eigenvalue weighted by molar-refractivity contribution is 0.260. The average molecular weight is 717 g/mol. The third-order valence-corrected chi connectivity index (χ3v) is 12.4. The molecule has 1 aliphatic rings. The molecule has 0 saturated carbocycles. The number of benzene rings is 7. The summed E-state index contributed by atoms with van der Waals surface area (Å²) in [6, 6.07) is 55.1. The Hall–Kier alpha value is -6.41. The smallest absolute Gasteiger partial charge is 0.196 e. The normalized spacial score (nSPS) is 13.8. The van der Waals surface area contributed by atoms with Crippen LogP contribution in [0.5, 0.6) is 5.75 Å². The van der Waals surface area contributed by atoms with Gasteiger partial charge in [-0.1, -0.05) is 121 Å². The Bertz CT molecular complexity index is 3000. The fourth-order valence-electron chi connectivity index (χ4n) is 7.45. The SMILES string of the molecule is c1ccc(-c2nc(-c3ccc(-c4cccc5c4sc4ccc(C6Nc7ccccc7O6)cc45)cc3)nc(-c3cccc4sc5ccccc5c34)n2)cc1. The van der Waals surface area contributed by atoms with Crippen LogP contribution in [0.3, 0.4) is 0 Å². The van der Waals surface area contributed by atoms with E-state index in [1.807, 2.05) is 47.7 Å². The highest BCUT2D eigenvalue weighted by Crippen LogP contribution is 2.44. The van der Waals surface area contributed by atoms with Crippen LogP contribution in [0.2, 0.25) is 0 Å². The molecule has 5 nitrogen and oxygen atoms in total. The summed E-state index contributed by atoms with van der Waals surface area (Å²) in [5, 5.41) is 8.40. The molecule has 7 aromatic carbocycles. The van der Waals surface area contributed by atoms with Crippen molar-refractivity contribution in [2.75, 3.05) is 5.32 Å². The van der Waals surface area contributed by atoms with Crippen molar-refractivity contribution in [3.63, 3.8) is 0 Å². The summed E-state index contributed by atoms with van der Waals surface area (Å²) in [6.45, 7) is 0. The van der Waals surface area contributed by atoms with E-state index in [2.05, 4.69) is 127 Å². The number of thiophene rings is 2. The standard InChI is InChI=1S/C46H28N4OS2/c1-2-10-28(11-3-1)43-48-44(50-45(49-43)34-15-9-19-40-41(34)33-12-4-7-18-38(33)52-40)29-22-20-27(21-23-29)31-13-8-14-32-35-26-30(24-25-39(35)53-42(31)32)46-47-36-16-5-6-17-37(36)51-46/h1-26,46-47H. The van der Waals surface area contributed by atoms with Gasteiger partial charge in [-0.05, 0) is 47.5 Å². The molecule has 7 heteroatoms. The number of anilines is 1. The average Bonchev–Trinajstić information content (AvgIpc) is 3.94. The Balaban J connectivity index is 0.989. The van der Waals surface area contributed by atoms with E-state index >= 15 is 0 Å². The molecule has 3 aromatic heterocycles. The van der Waals surface area contributed by atoms with Crippen LogP contribution in [0.15, 0.2) is 158 Å². The number of aromatic nitrogens is 3. The first-order chi connectivity index (χ1) is 26.2. The van der Waals surface area contributed by atoms with Crippen molar-refractivity contribution < 1.29 is 4.74 Å². The number of para-hydroxylation sites is 2. The Labute approximate surface area is 312 Å². The number of nitrogens with zero attached hydrogens (tertiary/aromatic N) is 3. The number of fused-ring (bicyclic) bond motifs is 7. The third kappa shape index (κ3) is 5.08. The van der Waals surface area contributed by atoms with Crippen molar-refractivity contribution in [2.45, 2.75) is 6.23 Å². The maximum atomic E-state index is 6.25. The zero-order valence-electron chi connectivity index (χ0n) is 28.2. The minimum atomic E-state index is -0.210. The minimum Gasteiger partial charge on any atom is -0.464 e. The summed E-state index contributed by atoms with van der Waals surface area (Å²) in [5.74, 6) is 2.86. The van der Waals surface area contributed by atoms with Gasteiger partial charge in [-0.25, -0.2) is 15.0 Å². The lowest BCUT2D eigenvalue weighted by atomic mass is 10.0. The number of nitrogens with one attached hydrogen (secondary N) is 1. The van der Waals surface area contributed by atoms with Crippen molar-refractivity contribution in [3.05, 3.63) is 163 Å². The van der Waals surface area contributed by atoms with Crippen LogP contribution in [0.25, 0.3) is 85.6 Å². The molecule has 0 bridgehead atoms. The molecule has 1 atom stereocenters. The molecular formula is C46H28N4OS2. The van der Waals surface area contributed by atoms with Crippen LogP contribution in [-0.2, 0) is 0 Å². The Kier molecular flexibility index (Phi) is 6.90. The molecule has 0 radical (unpaired) electrons. The van der Waals surface area contributed by atoms with Gasteiger partial charge in [0.05, 0.1) is 5.69 Å². The van der Waals surface area contributed by atoms with E-state index in [4.69, 9.17) is 19.7 Å².